The normalized spacial score (nSPS) is 9.09. The molecular formula is C6H5BrN2OS. The summed E-state index contributed by atoms with van der Waals surface area (Å²) < 4.78 is 0.786. The maximum atomic E-state index is 4.96. The van der Waals surface area contributed by atoms with Crippen molar-refractivity contribution in [3.05, 3.63) is 9.98 Å². The van der Waals surface area contributed by atoms with Gasteiger partial charge in [0.1, 0.15) is 11.2 Å². The highest BCUT2D eigenvalue weighted by Crippen LogP contribution is 2.18. The molecule has 0 unspecified atom stereocenters. The first-order chi connectivity index (χ1) is 5.33. The highest BCUT2D eigenvalue weighted by atomic mass is 79.9. The molecule has 0 spiro atoms. The molecule has 0 atom stereocenters. The van der Waals surface area contributed by atoms with E-state index in [1.807, 2.05) is 5.38 Å². The van der Waals surface area contributed by atoms with Gasteiger partial charge in [0.05, 0.1) is 0 Å². The monoisotopic (exact) mass is 232 g/mol. The van der Waals surface area contributed by atoms with E-state index in [0.29, 0.717) is 5.13 Å². The first kappa shape index (κ1) is 8.53. The lowest BCUT2D eigenvalue weighted by atomic mass is 10.8. The van der Waals surface area contributed by atoms with Crippen molar-refractivity contribution in [2.24, 2.45) is 0 Å². The lowest BCUT2D eigenvalue weighted by Crippen LogP contribution is -2.00. The third-order valence-electron chi connectivity index (χ3n) is 0.791. The van der Waals surface area contributed by atoms with Crippen molar-refractivity contribution < 1.29 is 4.84 Å². The van der Waals surface area contributed by atoms with Crippen LogP contribution < -0.4 is 5.48 Å². The van der Waals surface area contributed by atoms with Gasteiger partial charge in [0.25, 0.3) is 0 Å². The van der Waals surface area contributed by atoms with Crippen LogP contribution in [-0.4, -0.2) is 11.6 Å². The zero-order chi connectivity index (χ0) is 8.10. The summed E-state index contributed by atoms with van der Waals surface area (Å²) in [4.78, 5) is 8.84. The summed E-state index contributed by atoms with van der Waals surface area (Å²) in [5, 5.41) is 2.54. The van der Waals surface area contributed by atoms with Crippen LogP contribution in [0.3, 0.4) is 0 Å². The van der Waals surface area contributed by atoms with Crippen LogP contribution in [0.1, 0.15) is 0 Å². The fourth-order valence-corrected chi connectivity index (χ4v) is 1.54. The lowest BCUT2D eigenvalue weighted by Gasteiger charge is -1.96. The van der Waals surface area contributed by atoms with E-state index in [-0.39, 0.29) is 6.61 Å². The molecule has 0 fully saturated rings. The molecule has 0 bridgehead atoms. The molecule has 0 aliphatic rings. The number of rotatable bonds is 3. The molecule has 1 heterocycles. The van der Waals surface area contributed by atoms with Gasteiger partial charge in [-0.15, -0.1) is 17.8 Å². The first-order valence-electron chi connectivity index (χ1n) is 2.75. The van der Waals surface area contributed by atoms with Gasteiger partial charge < -0.3 is 0 Å². The van der Waals surface area contributed by atoms with Gasteiger partial charge in [0.2, 0.25) is 5.13 Å². The summed E-state index contributed by atoms with van der Waals surface area (Å²) in [5.74, 6) is 2.33. The van der Waals surface area contributed by atoms with Crippen LogP contribution in [0.15, 0.2) is 9.98 Å². The number of hydrogen-bond donors (Lipinski definition) is 1. The molecule has 1 aromatic heterocycles. The van der Waals surface area contributed by atoms with Crippen molar-refractivity contribution in [1.82, 2.24) is 4.98 Å². The second-order valence-corrected chi connectivity index (χ2v) is 3.24. The topological polar surface area (TPSA) is 34.1 Å². The number of nitrogens with zero attached hydrogens (tertiary/aromatic N) is 1. The summed E-state index contributed by atoms with van der Waals surface area (Å²) in [6.07, 6.45) is 4.96. The van der Waals surface area contributed by atoms with Gasteiger partial charge in [-0.2, -0.15) is 0 Å². The lowest BCUT2D eigenvalue weighted by molar-refractivity contribution is 0.234. The third kappa shape index (κ3) is 2.89. The maximum absolute atomic E-state index is 4.96. The number of thiazole rings is 1. The minimum absolute atomic E-state index is 0.233. The molecule has 3 nitrogen and oxygen atoms in total. The largest absolute Gasteiger partial charge is 0.261 e. The van der Waals surface area contributed by atoms with Gasteiger partial charge in [-0.25, -0.2) is 10.5 Å². The van der Waals surface area contributed by atoms with Crippen molar-refractivity contribution in [3.8, 4) is 12.3 Å². The second kappa shape index (κ2) is 4.34. The van der Waals surface area contributed by atoms with Crippen molar-refractivity contribution in [3.63, 3.8) is 0 Å². The third-order valence-corrected chi connectivity index (χ3v) is 2.24. The number of nitrogens with one attached hydrogen (secondary N) is 1. The molecule has 0 saturated carbocycles. The molecule has 5 heteroatoms. The predicted octanol–water partition coefficient (Wildman–Crippen LogP) is 1.88. The van der Waals surface area contributed by atoms with Crippen LogP contribution in [0, 0.1) is 12.3 Å². The van der Waals surface area contributed by atoms with Gasteiger partial charge in [-0.1, -0.05) is 5.92 Å². The van der Waals surface area contributed by atoms with Crippen LogP contribution in [0.25, 0.3) is 0 Å². The Bertz CT molecular complexity index is 268. The molecule has 0 saturated heterocycles. The minimum Gasteiger partial charge on any atom is -0.261 e. The molecule has 58 valence electrons. The molecule has 1 aromatic rings. The van der Waals surface area contributed by atoms with Gasteiger partial charge in [-0.05, 0) is 15.9 Å². The molecule has 1 N–H and O–H groups in total. The Kier molecular flexibility index (Phi) is 3.36. The minimum atomic E-state index is 0.233. The molecule has 0 radical (unpaired) electrons. The average Bonchev–Trinajstić information content (AvgIpc) is 2.37. The Hall–Kier alpha value is -0.570. The van der Waals surface area contributed by atoms with Crippen molar-refractivity contribution in [2.75, 3.05) is 12.1 Å². The predicted molar refractivity (Wildman–Crippen MR) is 48.2 cm³/mol. The van der Waals surface area contributed by atoms with Crippen LogP contribution in [0.4, 0.5) is 5.13 Å². The van der Waals surface area contributed by atoms with E-state index < -0.39 is 0 Å². The van der Waals surface area contributed by atoms with Crippen molar-refractivity contribution >= 4 is 32.4 Å². The Labute approximate surface area is 76.9 Å². The van der Waals surface area contributed by atoms with Crippen molar-refractivity contribution in [2.45, 2.75) is 0 Å². The van der Waals surface area contributed by atoms with E-state index in [2.05, 4.69) is 32.3 Å². The maximum Gasteiger partial charge on any atom is 0.208 e. The van der Waals surface area contributed by atoms with Crippen LogP contribution in [0.2, 0.25) is 0 Å². The summed E-state index contributed by atoms with van der Waals surface area (Å²) in [6.45, 7) is 0.233. The molecule has 0 aliphatic carbocycles. The standard InChI is InChI=1S/C6H5BrN2OS/c1-2-3-10-9-6-8-5(7)4-11-6/h1,4H,3H2,(H,8,9). The number of anilines is 1. The highest BCUT2D eigenvalue weighted by molar-refractivity contribution is 9.10. The first-order valence-corrected chi connectivity index (χ1v) is 4.42. The van der Waals surface area contributed by atoms with Crippen LogP contribution >= 0.6 is 27.3 Å². The fourth-order valence-electron chi connectivity index (χ4n) is 0.441. The Morgan fingerprint density at radius 1 is 1.91 bits per heavy atom. The van der Waals surface area contributed by atoms with E-state index in [4.69, 9.17) is 11.3 Å². The Balaban J connectivity index is 2.34. The van der Waals surface area contributed by atoms with Gasteiger partial charge in [0, 0.05) is 5.38 Å². The van der Waals surface area contributed by atoms with E-state index in [9.17, 15) is 0 Å². The zero-order valence-electron chi connectivity index (χ0n) is 5.50. The molecule has 0 amide bonds. The molecule has 0 aromatic carbocycles. The second-order valence-electron chi connectivity index (χ2n) is 1.57. The van der Waals surface area contributed by atoms with E-state index in [0.717, 1.165) is 4.60 Å². The fraction of sp³-hybridized carbons (Fsp3) is 0.167. The van der Waals surface area contributed by atoms with Crippen molar-refractivity contribution in [1.29, 1.82) is 0 Å². The number of hydrogen-bond acceptors (Lipinski definition) is 4. The number of terminal acetylenes is 1. The summed E-state index contributed by atoms with van der Waals surface area (Å²) in [5.41, 5.74) is 2.60. The van der Waals surface area contributed by atoms with Crippen LogP contribution in [0.5, 0.6) is 0 Å². The molecule has 1 rings (SSSR count). The molecule has 0 aliphatic heterocycles. The Morgan fingerprint density at radius 2 is 2.73 bits per heavy atom. The quantitative estimate of drug-likeness (QED) is 0.491. The Morgan fingerprint density at radius 3 is 3.27 bits per heavy atom. The average molecular weight is 233 g/mol. The summed E-state index contributed by atoms with van der Waals surface area (Å²) in [6, 6.07) is 0. The van der Waals surface area contributed by atoms with E-state index in [1.54, 1.807) is 0 Å². The zero-order valence-corrected chi connectivity index (χ0v) is 7.91. The summed E-state index contributed by atoms with van der Waals surface area (Å²) in [7, 11) is 0. The van der Waals surface area contributed by atoms with Crippen LogP contribution in [-0.2, 0) is 4.84 Å². The number of aromatic nitrogens is 1. The molecule has 11 heavy (non-hydrogen) atoms. The van der Waals surface area contributed by atoms with Gasteiger partial charge >= 0.3 is 0 Å². The van der Waals surface area contributed by atoms with Gasteiger partial charge in [0.15, 0.2) is 0 Å². The highest BCUT2D eigenvalue weighted by Gasteiger charge is 1.96. The smallest absolute Gasteiger partial charge is 0.208 e. The van der Waals surface area contributed by atoms with E-state index >= 15 is 0 Å². The SMILES string of the molecule is C#CCONc1nc(Br)cs1. The molecular weight excluding hydrogens is 228 g/mol. The summed E-state index contributed by atoms with van der Waals surface area (Å²) >= 11 is 4.64. The van der Waals surface area contributed by atoms with Gasteiger partial charge in [-0.3, -0.25) is 4.84 Å². The van der Waals surface area contributed by atoms with E-state index in [1.165, 1.54) is 11.3 Å². The number of halogens is 1.